The van der Waals surface area contributed by atoms with Crippen molar-refractivity contribution >= 4 is 5.97 Å². The summed E-state index contributed by atoms with van der Waals surface area (Å²) in [6, 6.07) is 11.2. The van der Waals surface area contributed by atoms with Crippen LogP contribution in [-0.2, 0) is 17.5 Å². The van der Waals surface area contributed by atoms with E-state index in [4.69, 9.17) is 4.74 Å². The SMILES string of the molecule is O=C(O)C1CCCN1Cc1cccc(Oc2cccc(C(F)(F)F)c2)c1. The molecule has 1 aliphatic heterocycles. The third kappa shape index (κ3) is 4.35. The van der Waals surface area contributed by atoms with Gasteiger partial charge in [0.15, 0.2) is 0 Å². The highest BCUT2D eigenvalue weighted by Gasteiger charge is 2.31. The van der Waals surface area contributed by atoms with Gasteiger partial charge in [-0.1, -0.05) is 18.2 Å². The second-order valence-electron chi connectivity index (χ2n) is 6.24. The van der Waals surface area contributed by atoms with Crippen LogP contribution in [0.1, 0.15) is 24.0 Å². The molecular formula is C19H18F3NO3. The van der Waals surface area contributed by atoms with E-state index in [1.54, 1.807) is 18.2 Å². The third-order valence-electron chi connectivity index (χ3n) is 4.33. The molecule has 1 fully saturated rings. The molecule has 0 amide bonds. The van der Waals surface area contributed by atoms with Crippen molar-refractivity contribution in [1.82, 2.24) is 4.90 Å². The van der Waals surface area contributed by atoms with Crippen LogP contribution in [0.2, 0.25) is 0 Å². The van der Waals surface area contributed by atoms with E-state index in [1.165, 1.54) is 12.1 Å². The molecule has 1 atom stereocenters. The topological polar surface area (TPSA) is 49.8 Å². The summed E-state index contributed by atoms with van der Waals surface area (Å²) in [5.74, 6) is -0.326. The van der Waals surface area contributed by atoms with Gasteiger partial charge in [0, 0.05) is 6.54 Å². The molecule has 0 aromatic heterocycles. The van der Waals surface area contributed by atoms with Gasteiger partial charge < -0.3 is 9.84 Å². The highest BCUT2D eigenvalue weighted by atomic mass is 19.4. The predicted molar refractivity (Wildman–Crippen MR) is 89.0 cm³/mol. The van der Waals surface area contributed by atoms with Crippen molar-refractivity contribution in [2.45, 2.75) is 31.6 Å². The number of nitrogens with zero attached hydrogens (tertiary/aromatic N) is 1. The second-order valence-corrected chi connectivity index (χ2v) is 6.24. The van der Waals surface area contributed by atoms with E-state index in [-0.39, 0.29) is 5.75 Å². The van der Waals surface area contributed by atoms with Crippen molar-refractivity contribution in [2.24, 2.45) is 0 Å². The monoisotopic (exact) mass is 365 g/mol. The average molecular weight is 365 g/mol. The molecule has 1 heterocycles. The third-order valence-corrected chi connectivity index (χ3v) is 4.33. The van der Waals surface area contributed by atoms with Crippen molar-refractivity contribution in [2.75, 3.05) is 6.54 Å². The zero-order valence-electron chi connectivity index (χ0n) is 13.9. The smallest absolute Gasteiger partial charge is 0.416 e. The number of benzene rings is 2. The molecule has 26 heavy (non-hydrogen) atoms. The average Bonchev–Trinajstić information content (AvgIpc) is 3.03. The molecule has 1 saturated heterocycles. The lowest BCUT2D eigenvalue weighted by atomic mass is 10.1. The first-order valence-electron chi connectivity index (χ1n) is 8.24. The van der Waals surface area contributed by atoms with Crippen LogP contribution in [0.4, 0.5) is 13.2 Å². The molecule has 1 unspecified atom stereocenters. The van der Waals surface area contributed by atoms with E-state index in [9.17, 15) is 23.1 Å². The fourth-order valence-corrected chi connectivity index (χ4v) is 3.11. The summed E-state index contributed by atoms with van der Waals surface area (Å²) in [6.45, 7) is 1.16. The van der Waals surface area contributed by atoms with Crippen molar-refractivity contribution in [3.63, 3.8) is 0 Å². The van der Waals surface area contributed by atoms with E-state index in [2.05, 4.69) is 0 Å². The number of ether oxygens (including phenoxy) is 1. The van der Waals surface area contributed by atoms with Crippen molar-refractivity contribution in [3.05, 3.63) is 59.7 Å². The summed E-state index contributed by atoms with van der Waals surface area (Å²) in [5, 5.41) is 9.24. The van der Waals surface area contributed by atoms with Gasteiger partial charge in [0.05, 0.1) is 5.56 Å². The highest BCUT2D eigenvalue weighted by molar-refractivity contribution is 5.73. The molecule has 0 aliphatic carbocycles. The van der Waals surface area contributed by atoms with Gasteiger partial charge in [0.1, 0.15) is 17.5 Å². The normalized spacial score (nSPS) is 18.0. The highest BCUT2D eigenvalue weighted by Crippen LogP contribution is 2.33. The largest absolute Gasteiger partial charge is 0.480 e. The Bertz CT molecular complexity index is 792. The maximum atomic E-state index is 12.8. The van der Waals surface area contributed by atoms with Gasteiger partial charge in [-0.3, -0.25) is 9.69 Å². The minimum Gasteiger partial charge on any atom is -0.480 e. The van der Waals surface area contributed by atoms with Gasteiger partial charge in [0.2, 0.25) is 0 Å². The van der Waals surface area contributed by atoms with Crippen molar-refractivity contribution in [1.29, 1.82) is 0 Å². The number of rotatable bonds is 5. The molecule has 4 nitrogen and oxygen atoms in total. The van der Waals surface area contributed by atoms with Gasteiger partial charge in [-0.25, -0.2) is 0 Å². The summed E-state index contributed by atoms with van der Waals surface area (Å²) in [6.07, 6.45) is -2.98. The molecular weight excluding hydrogens is 347 g/mol. The minimum absolute atomic E-state index is 0.0987. The van der Waals surface area contributed by atoms with Gasteiger partial charge in [-0.05, 0) is 55.3 Å². The molecule has 0 bridgehead atoms. The van der Waals surface area contributed by atoms with E-state index in [0.717, 1.165) is 24.1 Å². The van der Waals surface area contributed by atoms with E-state index >= 15 is 0 Å². The summed E-state index contributed by atoms with van der Waals surface area (Å²) in [4.78, 5) is 13.1. The van der Waals surface area contributed by atoms with Crippen molar-refractivity contribution in [3.8, 4) is 11.5 Å². The standard InChI is InChI=1S/C19H18F3NO3/c20-19(21,22)14-5-2-7-16(11-14)26-15-6-1-4-13(10-15)12-23-9-3-8-17(23)18(24)25/h1-2,4-7,10-11,17H,3,8-9,12H2,(H,24,25). The number of carboxylic acid groups (broad SMARTS) is 1. The number of halogens is 3. The molecule has 2 aromatic carbocycles. The van der Waals surface area contributed by atoms with Crippen LogP contribution in [0, 0.1) is 0 Å². The summed E-state index contributed by atoms with van der Waals surface area (Å²) in [5.41, 5.74) is 0.0788. The first kappa shape index (κ1) is 18.3. The molecule has 0 saturated carbocycles. The number of likely N-dealkylation sites (tertiary alicyclic amines) is 1. The molecule has 0 radical (unpaired) electrons. The molecule has 2 aromatic rings. The summed E-state index contributed by atoms with van der Waals surface area (Å²) < 4.78 is 43.9. The Morgan fingerprint density at radius 3 is 2.54 bits per heavy atom. The van der Waals surface area contributed by atoms with Gasteiger partial charge in [-0.15, -0.1) is 0 Å². The molecule has 138 valence electrons. The van der Waals surface area contributed by atoms with Crippen LogP contribution in [0.25, 0.3) is 0 Å². The number of alkyl halides is 3. The number of aliphatic carboxylic acids is 1. The first-order valence-corrected chi connectivity index (χ1v) is 8.24. The van der Waals surface area contributed by atoms with E-state index in [0.29, 0.717) is 25.3 Å². The van der Waals surface area contributed by atoms with E-state index < -0.39 is 23.8 Å². The molecule has 7 heteroatoms. The molecule has 0 spiro atoms. The van der Waals surface area contributed by atoms with Crippen LogP contribution < -0.4 is 4.74 Å². The maximum absolute atomic E-state index is 12.8. The number of carboxylic acids is 1. The zero-order valence-corrected chi connectivity index (χ0v) is 13.9. The van der Waals surface area contributed by atoms with Gasteiger partial charge >= 0.3 is 12.1 Å². The van der Waals surface area contributed by atoms with Crippen LogP contribution in [0.15, 0.2) is 48.5 Å². The summed E-state index contributed by atoms with van der Waals surface area (Å²) in [7, 11) is 0. The first-order chi connectivity index (χ1) is 12.3. The number of hydrogen-bond donors (Lipinski definition) is 1. The lowest BCUT2D eigenvalue weighted by Gasteiger charge is -2.21. The lowest BCUT2D eigenvalue weighted by molar-refractivity contribution is -0.142. The molecule has 1 N–H and O–H groups in total. The Balaban J connectivity index is 1.73. The Hall–Kier alpha value is -2.54. The lowest BCUT2D eigenvalue weighted by Crippen LogP contribution is -2.35. The van der Waals surface area contributed by atoms with Gasteiger partial charge in [-0.2, -0.15) is 13.2 Å². The molecule has 1 aliphatic rings. The summed E-state index contributed by atoms with van der Waals surface area (Å²) >= 11 is 0. The Kier molecular flexibility index (Phi) is 5.18. The van der Waals surface area contributed by atoms with Gasteiger partial charge in [0.25, 0.3) is 0 Å². The second kappa shape index (κ2) is 7.37. The molecule has 3 rings (SSSR count). The predicted octanol–water partition coefficient (Wildman–Crippen LogP) is 4.55. The number of hydrogen-bond acceptors (Lipinski definition) is 3. The van der Waals surface area contributed by atoms with E-state index in [1.807, 2.05) is 11.0 Å². The fourth-order valence-electron chi connectivity index (χ4n) is 3.11. The number of carbonyl (C=O) groups is 1. The Labute approximate surface area is 148 Å². The van der Waals surface area contributed by atoms with Crippen LogP contribution in [-0.4, -0.2) is 28.6 Å². The maximum Gasteiger partial charge on any atom is 0.416 e. The van der Waals surface area contributed by atoms with Crippen LogP contribution >= 0.6 is 0 Å². The van der Waals surface area contributed by atoms with Crippen LogP contribution in [0.3, 0.4) is 0 Å². The Morgan fingerprint density at radius 1 is 1.15 bits per heavy atom. The van der Waals surface area contributed by atoms with Crippen LogP contribution in [0.5, 0.6) is 11.5 Å². The van der Waals surface area contributed by atoms with Crippen molar-refractivity contribution < 1.29 is 27.8 Å². The quantitative estimate of drug-likeness (QED) is 0.845. The Morgan fingerprint density at radius 2 is 1.85 bits per heavy atom. The zero-order chi connectivity index (χ0) is 18.7. The fraction of sp³-hybridized carbons (Fsp3) is 0.316. The minimum atomic E-state index is -4.43.